The van der Waals surface area contributed by atoms with E-state index in [2.05, 4.69) is 0 Å². The Kier molecular flexibility index (Phi) is 5.12. The Hall–Kier alpha value is -2.69. The molecule has 1 aliphatic rings. The van der Waals surface area contributed by atoms with E-state index in [4.69, 9.17) is 14.2 Å². The monoisotopic (exact) mass is 341 g/mol. The number of rotatable bonds is 5. The number of carbonyl (C=O) groups is 1. The molecular formula is C20H23NO4. The first-order valence-electron chi connectivity index (χ1n) is 8.35. The fourth-order valence-corrected chi connectivity index (χ4v) is 3.32. The quantitative estimate of drug-likeness (QED) is 0.832. The Morgan fingerprint density at radius 3 is 2.28 bits per heavy atom. The first kappa shape index (κ1) is 17.1. The van der Waals surface area contributed by atoms with Crippen molar-refractivity contribution in [2.24, 2.45) is 0 Å². The normalized spacial score (nSPS) is 16.6. The van der Waals surface area contributed by atoms with Crippen molar-refractivity contribution in [2.75, 3.05) is 27.9 Å². The molecule has 5 nitrogen and oxygen atoms in total. The van der Waals surface area contributed by atoms with Gasteiger partial charge in [-0.15, -0.1) is 0 Å². The number of carbonyl (C=O) groups excluding carboxylic acids is 1. The molecule has 1 saturated heterocycles. The summed E-state index contributed by atoms with van der Waals surface area (Å²) in [5.41, 5.74) is 1.65. The van der Waals surface area contributed by atoms with E-state index in [-0.39, 0.29) is 11.9 Å². The van der Waals surface area contributed by atoms with E-state index in [1.807, 2.05) is 29.2 Å². The van der Waals surface area contributed by atoms with E-state index < -0.39 is 0 Å². The van der Waals surface area contributed by atoms with Gasteiger partial charge in [0.15, 0.2) is 0 Å². The summed E-state index contributed by atoms with van der Waals surface area (Å²) >= 11 is 0. The minimum absolute atomic E-state index is 0.0333. The molecule has 2 aromatic carbocycles. The number of hydrogen-bond acceptors (Lipinski definition) is 4. The Labute approximate surface area is 148 Å². The third-order valence-electron chi connectivity index (χ3n) is 4.65. The number of methoxy groups -OCH3 is 3. The highest BCUT2D eigenvalue weighted by molar-refractivity contribution is 5.97. The zero-order valence-electron chi connectivity index (χ0n) is 14.8. The zero-order valence-corrected chi connectivity index (χ0v) is 14.8. The molecule has 0 aliphatic carbocycles. The van der Waals surface area contributed by atoms with Crippen molar-refractivity contribution in [3.05, 3.63) is 53.6 Å². The predicted octanol–water partition coefficient (Wildman–Crippen LogP) is 3.69. The second kappa shape index (κ2) is 7.47. The lowest BCUT2D eigenvalue weighted by Crippen LogP contribution is -2.30. The van der Waals surface area contributed by atoms with Gasteiger partial charge < -0.3 is 19.1 Å². The number of likely N-dealkylation sites (tertiary alicyclic amines) is 1. The SMILES string of the molecule is COc1ccc(C2CCCN2C(=O)c2cc(OC)ccc2OC)cc1. The zero-order chi connectivity index (χ0) is 17.8. The lowest BCUT2D eigenvalue weighted by Gasteiger charge is -2.26. The third kappa shape index (κ3) is 3.40. The Bertz CT molecular complexity index is 742. The summed E-state index contributed by atoms with van der Waals surface area (Å²) in [6.45, 7) is 0.732. The van der Waals surface area contributed by atoms with Crippen LogP contribution in [0.4, 0.5) is 0 Å². The van der Waals surface area contributed by atoms with Crippen molar-refractivity contribution in [1.82, 2.24) is 4.90 Å². The average Bonchev–Trinajstić information content (AvgIpc) is 3.16. The van der Waals surface area contributed by atoms with Crippen LogP contribution in [-0.2, 0) is 0 Å². The maximum absolute atomic E-state index is 13.2. The Morgan fingerprint density at radius 2 is 1.64 bits per heavy atom. The van der Waals surface area contributed by atoms with Crippen LogP contribution >= 0.6 is 0 Å². The molecule has 3 rings (SSSR count). The molecule has 1 heterocycles. The van der Waals surface area contributed by atoms with Crippen LogP contribution in [0, 0.1) is 0 Å². The van der Waals surface area contributed by atoms with Crippen LogP contribution in [-0.4, -0.2) is 38.7 Å². The summed E-state index contributed by atoms with van der Waals surface area (Å²) < 4.78 is 15.9. The van der Waals surface area contributed by atoms with Crippen LogP contribution in [0.1, 0.15) is 34.8 Å². The summed E-state index contributed by atoms with van der Waals surface area (Å²) in [5, 5.41) is 0. The fourth-order valence-electron chi connectivity index (χ4n) is 3.32. The molecule has 1 fully saturated rings. The molecule has 0 radical (unpaired) electrons. The van der Waals surface area contributed by atoms with E-state index in [0.29, 0.717) is 17.1 Å². The van der Waals surface area contributed by atoms with Gasteiger partial charge in [0.05, 0.1) is 32.9 Å². The number of amides is 1. The molecule has 0 bridgehead atoms. The minimum Gasteiger partial charge on any atom is -0.497 e. The van der Waals surface area contributed by atoms with Gasteiger partial charge in [0.25, 0.3) is 5.91 Å². The molecule has 1 amide bonds. The van der Waals surface area contributed by atoms with Crippen molar-refractivity contribution >= 4 is 5.91 Å². The van der Waals surface area contributed by atoms with E-state index in [1.54, 1.807) is 39.5 Å². The molecule has 1 unspecified atom stereocenters. The maximum Gasteiger partial charge on any atom is 0.258 e. The fraction of sp³-hybridized carbons (Fsp3) is 0.350. The first-order valence-corrected chi connectivity index (χ1v) is 8.35. The molecular weight excluding hydrogens is 318 g/mol. The molecule has 2 aromatic rings. The minimum atomic E-state index is -0.0333. The first-order chi connectivity index (χ1) is 12.2. The van der Waals surface area contributed by atoms with Gasteiger partial charge in [-0.3, -0.25) is 4.79 Å². The molecule has 132 valence electrons. The summed E-state index contributed by atoms with van der Waals surface area (Å²) in [6.07, 6.45) is 1.93. The molecule has 0 N–H and O–H groups in total. The highest BCUT2D eigenvalue weighted by Gasteiger charge is 2.32. The smallest absolute Gasteiger partial charge is 0.258 e. The predicted molar refractivity (Wildman–Crippen MR) is 95.6 cm³/mol. The number of ether oxygens (including phenoxy) is 3. The largest absolute Gasteiger partial charge is 0.497 e. The van der Waals surface area contributed by atoms with Crippen molar-refractivity contribution in [3.63, 3.8) is 0 Å². The lowest BCUT2D eigenvalue weighted by atomic mass is 10.0. The number of benzene rings is 2. The van der Waals surface area contributed by atoms with E-state index in [1.165, 1.54) is 0 Å². The standard InChI is InChI=1S/C20H23NO4/c1-23-15-8-6-14(7-9-15)18-5-4-12-21(18)20(22)17-13-16(24-2)10-11-19(17)25-3/h6-11,13,18H,4-5,12H2,1-3H3. The Morgan fingerprint density at radius 1 is 0.960 bits per heavy atom. The highest BCUT2D eigenvalue weighted by atomic mass is 16.5. The highest BCUT2D eigenvalue weighted by Crippen LogP contribution is 2.36. The van der Waals surface area contributed by atoms with Gasteiger partial charge in [-0.25, -0.2) is 0 Å². The van der Waals surface area contributed by atoms with Crippen LogP contribution < -0.4 is 14.2 Å². The second-order valence-electron chi connectivity index (χ2n) is 6.00. The van der Waals surface area contributed by atoms with Crippen LogP contribution in [0.2, 0.25) is 0 Å². The number of nitrogens with zero attached hydrogens (tertiary/aromatic N) is 1. The van der Waals surface area contributed by atoms with Crippen molar-refractivity contribution in [2.45, 2.75) is 18.9 Å². The van der Waals surface area contributed by atoms with Crippen molar-refractivity contribution < 1.29 is 19.0 Å². The molecule has 1 atom stereocenters. The molecule has 25 heavy (non-hydrogen) atoms. The van der Waals surface area contributed by atoms with Crippen molar-refractivity contribution in [1.29, 1.82) is 0 Å². The third-order valence-corrected chi connectivity index (χ3v) is 4.65. The van der Waals surface area contributed by atoms with Gasteiger partial charge in [-0.2, -0.15) is 0 Å². The molecule has 0 saturated carbocycles. The van der Waals surface area contributed by atoms with Gasteiger partial charge in [0, 0.05) is 6.54 Å². The van der Waals surface area contributed by atoms with Crippen LogP contribution in [0.25, 0.3) is 0 Å². The van der Waals surface area contributed by atoms with E-state index in [0.717, 1.165) is 30.7 Å². The van der Waals surface area contributed by atoms with Crippen LogP contribution in [0.15, 0.2) is 42.5 Å². The van der Waals surface area contributed by atoms with Gasteiger partial charge in [-0.05, 0) is 48.7 Å². The summed E-state index contributed by atoms with van der Waals surface area (Å²) in [6, 6.07) is 13.3. The van der Waals surface area contributed by atoms with Gasteiger partial charge >= 0.3 is 0 Å². The summed E-state index contributed by atoms with van der Waals surface area (Å²) in [5.74, 6) is 1.98. The molecule has 5 heteroatoms. The maximum atomic E-state index is 13.2. The second-order valence-corrected chi connectivity index (χ2v) is 6.00. The molecule has 1 aliphatic heterocycles. The van der Waals surface area contributed by atoms with Gasteiger partial charge in [0.1, 0.15) is 17.2 Å². The van der Waals surface area contributed by atoms with E-state index in [9.17, 15) is 4.79 Å². The summed E-state index contributed by atoms with van der Waals surface area (Å²) in [7, 11) is 4.81. The molecule has 0 aromatic heterocycles. The lowest BCUT2D eigenvalue weighted by molar-refractivity contribution is 0.0732. The van der Waals surface area contributed by atoms with Gasteiger partial charge in [0.2, 0.25) is 0 Å². The number of hydrogen-bond donors (Lipinski definition) is 0. The van der Waals surface area contributed by atoms with Crippen LogP contribution in [0.5, 0.6) is 17.2 Å². The van der Waals surface area contributed by atoms with E-state index >= 15 is 0 Å². The Balaban J connectivity index is 1.90. The molecule has 0 spiro atoms. The van der Waals surface area contributed by atoms with Crippen LogP contribution in [0.3, 0.4) is 0 Å². The van der Waals surface area contributed by atoms with Crippen molar-refractivity contribution in [3.8, 4) is 17.2 Å². The average molecular weight is 341 g/mol. The topological polar surface area (TPSA) is 48.0 Å². The van der Waals surface area contributed by atoms with Gasteiger partial charge in [-0.1, -0.05) is 12.1 Å². The summed E-state index contributed by atoms with van der Waals surface area (Å²) in [4.78, 5) is 15.1.